The fraction of sp³-hybridized carbons (Fsp3) is 0.529. The first-order valence-electron chi connectivity index (χ1n) is 7.42. The summed E-state index contributed by atoms with van der Waals surface area (Å²) in [6, 6.07) is 9.64. The molecule has 1 fully saturated rings. The molecule has 2 rings (SSSR count). The molecule has 1 heterocycles. The number of hydrogen-bond acceptors (Lipinski definition) is 2. The predicted octanol–water partition coefficient (Wildman–Crippen LogP) is 2.16. The van der Waals surface area contributed by atoms with Gasteiger partial charge in [-0.2, -0.15) is 0 Å². The van der Waals surface area contributed by atoms with E-state index in [1.54, 1.807) is 4.90 Å². The summed E-state index contributed by atoms with van der Waals surface area (Å²) >= 11 is 0. The van der Waals surface area contributed by atoms with E-state index in [0.717, 1.165) is 0 Å². The first-order valence-corrected chi connectivity index (χ1v) is 7.42. The first kappa shape index (κ1) is 15.5. The smallest absolute Gasteiger partial charge is 0.246 e. The molecule has 4 nitrogen and oxygen atoms in total. The molecule has 1 saturated heterocycles. The summed E-state index contributed by atoms with van der Waals surface area (Å²) in [5.74, 6) is 0.154. The van der Waals surface area contributed by atoms with Gasteiger partial charge in [-0.15, -0.1) is 0 Å². The van der Waals surface area contributed by atoms with Gasteiger partial charge in [0.25, 0.3) is 0 Å². The molecular formula is C17H24N2O2. The molecule has 0 radical (unpaired) electrons. The van der Waals surface area contributed by atoms with Crippen molar-refractivity contribution < 1.29 is 9.59 Å². The number of rotatable bonds is 3. The number of benzene rings is 1. The Balaban J connectivity index is 2.12. The lowest BCUT2D eigenvalue weighted by atomic mass is 9.84. The minimum Gasteiger partial charge on any atom is -0.342 e. The standard InChI is InChI=1S/C17H24N2O2/c1-12(13-8-6-5-7-9-13)10-19-11-14(20)18-15(16(19)21)17(2,3)4/h5-9,12,15H,10-11H2,1-4H3,(H,18,20). The zero-order chi connectivity index (χ0) is 15.6. The highest BCUT2D eigenvalue weighted by Gasteiger charge is 2.40. The number of amides is 2. The van der Waals surface area contributed by atoms with E-state index in [-0.39, 0.29) is 29.7 Å². The summed E-state index contributed by atoms with van der Waals surface area (Å²) in [6.07, 6.45) is 0. The second-order valence-corrected chi connectivity index (χ2v) is 6.90. The average Bonchev–Trinajstić information content (AvgIpc) is 2.42. The van der Waals surface area contributed by atoms with Crippen LogP contribution in [0.25, 0.3) is 0 Å². The Hall–Kier alpha value is -1.84. The van der Waals surface area contributed by atoms with Crippen molar-refractivity contribution in [2.24, 2.45) is 5.41 Å². The summed E-state index contributed by atoms with van der Waals surface area (Å²) in [5, 5.41) is 2.82. The Morgan fingerprint density at radius 1 is 1.24 bits per heavy atom. The van der Waals surface area contributed by atoms with E-state index in [4.69, 9.17) is 0 Å². The molecule has 21 heavy (non-hydrogen) atoms. The fourth-order valence-electron chi connectivity index (χ4n) is 2.66. The van der Waals surface area contributed by atoms with Crippen molar-refractivity contribution >= 4 is 11.8 Å². The third-order valence-corrected chi connectivity index (χ3v) is 3.93. The summed E-state index contributed by atoms with van der Waals surface area (Å²) in [4.78, 5) is 26.2. The molecule has 1 N–H and O–H groups in total. The highest BCUT2D eigenvalue weighted by atomic mass is 16.2. The van der Waals surface area contributed by atoms with Gasteiger partial charge in [-0.3, -0.25) is 9.59 Å². The molecule has 1 aliphatic heterocycles. The van der Waals surface area contributed by atoms with Gasteiger partial charge in [0.1, 0.15) is 6.04 Å². The van der Waals surface area contributed by atoms with Gasteiger partial charge in [0.05, 0.1) is 6.54 Å². The maximum absolute atomic E-state index is 12.6. The Labute approximate surface area is 126 Å². The van der Waals surface area contributed by atoms with Gasteiger partial charge in [-0.05, 0) is 16.9 Å². The SMILES string of the molecule is CC(CN1CC(=O)NC(C(C)(C)C)C1=O)c1ccccc1. The summed E-state index contributed by atoms with van der Waals surface area (Å²) in [5.41, 5.74) is 0.907. The summed E-state index contributed by atoms with van der Waals surface area (Å²) < 4.78 is 0. The van der Waals surface area contributed by atoms with E-state index < -0.39 is 6.04 Å². The Bertz CT molecular complexity index is 519. The van der Waals surface area contributed by atoms with Crippen LogP contribution in [0.15, 0.2) is 30.3 Å². The topological polar surface area (TPSA) is 49.4 Å². The molecule has 0 saturated carbocycles. The maximum Gasteiger partial charge on any atom is 0.246 e. The van der Waals surface area contributed by atoms with Gasteiger partial charge < -0.3 is 10.2 Å². The Kier molecular flexibility index (Phi) is 4.35. The van der Waals surface area contributed by atoms with Crippen LogP contribution in [0.5, 0.6) is 0 Å². The summed E-state index contributed by atoms with van der Waals surface area (Å²) in [7, 11) is 0. The van der Waals surface area contributed by atoms with Crippen LogP contribution >= 0.6 is 0 Å². The van der Waals surface area contributed by atoms with Gasteiger partial charge in [0.15, 0.2) is 0 Å². The van der Waals surface area contributed by atoms with Crippen molar-refractivity contribution in [2.75, 3.05) is 13.1 Å². The third kappa shape index (κ3) is 3.63. The Morgan fingerprint density at radius 3 is 2.43 bits per heavy atom. The maximum atomic E-state index is 12.6. The van der Waals surface area contributed by atoms with Crippen molar-refractivity contribution in [1.82, 2.24) is 10.2 Å². The van der Waals surface area contributed by atoms with E-state index in [1.807, 2.05) is 39.0 Å². The van der Waals surface area contributed by atoms with Crippen LogP contribution in [-0.2, 0) is 9.59 Å². The normalized spacial score (nSPS) is 21.1. The second-order valence-electron chi connectivity index (χ2n) is 6.90. The molecule has 0 aromatic heterocycles. The average molecular weight is 288 g/mol. The number of nitrogens with zero attached hydrogens (tertiary/aromatic N) is 1. The minimum absolute atomic E-state index is 0.0184. The number of nitrogens with one attached hydrogen (secondary N) is 1. The molecule has 114 valence electrons. The van der Waals surface area contributed by atoms with Crippen LogP contribution < -0.4 is 5.32 Å². The molecule has 0 aliphatic carbocycles. The van der Waals surface area contributed by atoms with E-state index in [0.29, 0.717) is 6.54 Å². The van der Waals surface area contributed by atoms with Gasteiger partial charge in [-0.25, -0.2) is 0 Å². The molecule has 1 aromatic carbocycles. The van der Waals surface area contributed by atoms with Crippen LogP contribution in [0.3, 0.4) is 0 Å². The zero-order valence-electron chi connectivity index (χ0n) is 13.2. The molecule has 1 aromatic rings. The van der Waals surface area contributed by atoms with Crippen molar-refractivity contribution in [1.29, 1.82) is 0 Å². The number of carbonyl (C=O) groups is 2. The van der Waals surface area contributed by atoms with Crippen LogP contribution in [0, 0.1) is 5.41 Å². The lowest BCUT2D eigenvalue weighted by Gasteiger charge is -2.39. The van der Waals surface area contributed by atoms with Crippen LogP contribution in [0.2, 0.25) is 0 Å². The molecule has 2 atom stereocenters. The zero-order valence-corrected chi connectivity index (χ0v) is 13.2. The highest BCUT2D eigenvalue weighted by molar-refractivity contribution is 5.95. The van der Waals surface area contributed by atoms with E-state index >= 15 is 0 Å². The Morgan fingerprint density at radius 2 is 1.86 bits per heavy atom. The summed E-state index contributed by atoms with van der Waals surface area (Å²) in [6.45, 7) is 8.73. The number of piperazine rings is 1. The minimum atomic E-state index is -0.443. The molecule has 4 heteroatoms. The highest BCUT2D eigenvalue weighted by Crippen LogP contribution is 2.25. The van der Waals surface area contributed by atoms with E-state index in [2.05, 4.69) is 24.4 Å². The van der Waals surface area contributed by atoms with Gasteiger partial charge in [0.2, 0.25) is 11.8 Å². The van der Waals surface area contributed by atoms with Crippen LogP contribution in [0.4, 0.5) is 0 Å². The fourth-order valence-corrected chi connectivity index (χ4v) is 2.66. The van der Waals surface area contributed by atoms with Crippen LogP contribution in [0.1, 0.15) is 39.2 Å². The largest absolute Gasteiger partial charge is 0.342 e. The van der Waals surface area contributed by atoms with E-state index in [1.165, 1.54) is 5.56 Å². The molecule has 1 aliphatic rings. The lowest BCUT2D eigenvalue weighted by Crippen LogP contribution is -2.62. The number of hydrogen-bond donors (Lipinski definition) is 1. The first-order chi connectivity index (χ1) is 9.79. The number of carbonyl (C=O) groups excluding carboxylic acids is 2. The molecule has 2 unspecified atom stereocenters. The predicted molar refractivity (Wildman–Crippen MR) is 82.8 cm³/mol. The van der Waals surface area contributed by atoms with E-state index in [9.17, 15) is 9.59 Å². The molecule has 0 bridgehead atoms. The van der Waals surface area contributed by atoms with Crippen LogP contribution in [-0.4, -0.2) is 35.8 Å². The quantitative estimate of drug-likeness (QED) is 0.926. The lowest BCUT2D eigenvalue weighted by molar-refractivity contribution is -0.147. The van der Waals surface area contributed by atoms with Gasteiger partial charge in [0, 0.05) is 6.54 Å². The third-order valence-electron chi connectivity index (χ3n) is 3.93. The molecule has 2 amide bonds. The van der Waals surface area contributed by atoms with Crippen molar-refractivity contribution in [2.45, 2.75) is 39.7 Å². The van der Waals surface area contributed by atoms with Crippen molar-refractivity contribution in [3.8, 4) is 0 Å². The van der Waals surface area contributed by atoms with Crippen molar-refractivity contribution in [3.05, 3.63) is 35.9 Å². The van der Waals surface area contributed by atoms with Crippen molar-refractivity contribution in [3.63, 3.8) is 0 Å². The molecular weight excluding hydrogens is 264 g/mol. The second kappa shape index (κ2) is 5.88. The molecule has 0 spiro atoms. The van der Waals surface area contributed by atoms with Gasteiger partial charge in [-0.1, -0.05) is 58.0 Å². The van der Waals surface area contributed by atoms with Gasteiger partial charge >= 0.3 is 0 Å². The monoisotopic (exact) mass is 288 g/mol.